The van der Waals surface area contributed by atoms with E-state index in [1.165, 1.54) is 16.7 Å². The number of carbonyl (C=O) groups is 2. The van der Waals surface area contributed by atoms with Crippen LogP contribution in [0.4, 0.5) is 5.69 Å². The Morgan fingerprint density at radius 3 is 2.38 bits per heavy atom. The molecule has 202 valence electrons. The largest absolute Gasteiger partial charge is 0.493 e. The monoisotopic (exact) mass is 591 g/mol. The molecule has 2 heterocycles. The highest BCUT2D eigenvalue weighted by atomic mass is 35.5. The van der Waals surface area contributed by atoms with E-state index in [0.717, 1.165) is 11.8 Å². The molecular formula is C29H22ClN3O5S2. The molecule has 0 atom stereocenters. The summed E-state index contributed by atoms with van der Waals surface area (Å²) >= 11 is 12.5. The Morgan fingerprint density at radius 1 is 1.00 bits per heavy atom. The van der Waals surface area contributed by atoms with E-state index in [-0.39, 0.29) is 21.3 Å². The van der Waals surface area contributed by atoms with Gasteiger partial charge in [-0.1, -0.05) is 59.8 Å². The van der Waals surface area contributed by atoms with Gasteiger partial charge in [-0.05, 0) is 67.1 Å². The van der Waals surface area contributed by atoms with Crippen LogP contribution in [0.15, 0.2) is 82.5 Å². The summed E-state index contributed by atoms with van der Waals surface area (Å²) in [5.41, 5.74) is 2.09. The van der Waals surface area contributed by atoms with Crippen molar-refractivity contribution in [3.8, 4) is 17.2 Å². The molecule has 8 nitrogen and oxygen atoms in total. The third-order valence-corrected chi connectivity index (χ3v) is 7.86. The lowest BCUT2D eigenvalue weighted by Crippen LogP contribution is -2.33. The van der Waals surface area contributed by atoms with Crippen LogP contribution in [-0.4, -0.2) is 32.7 Å². The maximum Gasteiger partial charge on any atom is 0.343 e. The number of hydrogen-bond acceptors (Lipinski definition) is 7. The molecular weight excluding hydrogens is 570 g/mol. The highest BCUT2D eigenvalue weighted by Crippen LogP contribution is 2.37. The molecule has 1 fully saturated rings. The second kappa shape index (κ2) is 11.2. The number of anilines is 1. The molecule has 0 bridgehead atoms. The summed E-state index contributed by atoms with van der Waals surface area (Å²) in [6.45, 7) is 1.77. The van der Waals surface area contributed by atoms with Gasteiger partial charge in [-0.2, -0.15) is 0 Å². The molecule has 1 aliphatic heterocycles. The zero-order valence-electron chi connectivity index (χ0n) is 21.6. The molecule has 11 heteroatoms. The van der Waals surface area contributed by atoms with Crippen LogP contribution in [0, 0.1) is 6.92 Å². The molecule has 40 heavy (non-hydrogen) atoms. The van der Waals surface area contributed by atoms with Crippen molar-refractivity contribution in [3.05, 3.63) is 110 Å². The van der Waals surface area contributed by atoms with Gasteiger partial charge in [-0.15, -0.1) is 0 Å². The van der Waals surface area contributed by atoms with Gasteiger partial charge in [0, 0.05) is 12.1 Å². The van der Waals surface area contributed by atoms with Crippen LogP contribution in [0.2, 0.25) is 5.02 Å². The fraction of sp³-hybridized carbons (Fsp3) is 0.103. The van der Waals surface area contributed by atoms with Crippen molar-refractivity contribution >= 4 is 63.5 Å². The van der Waals surface area contributed by atoms with E-state index in [1.54, 1.807) is 67.2 Å². The number of hydrogen-bond donors (Lipinski definition) is 0. The predicted octanol–water partition coefficient (Wildman–Crippen LogP) is 5.77. The Hall–Kier alpha value is -4.12. The smallest absolute Gasteiger partial charge is 0.343 e. The minimum Gasteiger partial charge on any atom is -0.493 e. The van der Waals surface area contributed by atoms with E-state index >= 15 is 0 Å². The first-order chi connectivity index (χ1) is 19.2. The van der Waals surface area contributed by atoms with Crippen molar-refractivity contribution in [3.63, 3.8) is 0 Å². The van der Waals surface area contributed by atoms with E-state index < -0.39 is 11.9 Å². The van der Waals surface area contributed by atoms with Crippen LogP contribution in [0.5, 0.6) is 11.5 Å². The summed E-state index contributed by atoms with van der Waals surface area (Å²) < 4.78 is 14.4. The number of para-hydroxylation sites is 1. The molecule has 0 radical (unpaired) electrons. The van der Waals surface area contributed by atoms with Gasteiger partial charge in [0.1, 0.15) is 5.69 Å². The number of nitrogens with zero attached hydrogens (tertiary/aromatic N) is 3. The van der Waals surface area contributed by atoms with Gasteiger partial charge in [0.2, 0.25) is 0 Å². The van der Waals surface area contributed by atoms with Crippen molar-refractivity contribution in [1.29, 1.82) is 0 Å². The van der Waals surface area contributed by atoms with Crippen LogP contribution in [-0.2, 0) is 11.8 Å². The van der Waals surface area contributed by atoms with Crippen molar-refractivity contribution in [1.82, 2.24) is 9.36 Å². The Bertz CT molecular complexity index is 1740. The third kappa shape index (κ3) is 5.08. The Labute approximate surface area is 244 Å². The number of methoxy groups -OCH3 is 1. The van der Waals surface area contributed by atoms with Crippen LogP contribution < -0.4 is 19.9 Å². The highest BCUT2D eigenvalue weighted by molar-refractivity contribution is 8.27. The number of esters is 1. The number of thiocarbonyl (C=S) groups is 1. The number of thioether (sulfide) groups is 1. The van der Waals surface area contributed by atoms with Crippen LogP contribution >= 0.6 is 35.6 Å². The van der Waals surface area contributed by atoms with E-state index in [4.69, 9.17) is 33.3 Å². The fourth-order valence-corrected chi connectivity index (χ4v) is 5.62. The SMILES string of the molecule is COc1cc(C=C2SC(=S)N(c3c(C)n(C)n(-c4ccccc4)c3=O)C2=O)ccc1OC(=O)c1ccc(Cl)cc1. The highest BCUT2D eigenvalue weighted by Gasteiger charge is 2.37. The zero-order chi connectivity index (χ0) is 28.6. The molecule has 0 aliphatic carbocycles. The maximum absolute atomic E-state index is 13.5. The van der Waals surface area contributed by atoms with Crippen molar-refractivity contribution in [2.75, 3.05) is 12.0 Å². The molecule has 0 spiro atoms. The van der Waals surface area contributed by atoms with E-state index in [0.29, 0.717) is 38.2 Å². The lowest BCUT2D eigenvalue weighted by atomic mass is 10.1. The zero-order valence-corrected chi connectivity index (χ0v) is 24.0. The molecule has 1 amide bonds. The number of benzene rings is 3. The molecule has 1 aromatic heterocycles. The van der Waals surface area contributed by atoms with Gasteiger partial charge in [-0.3, -0.25) is 19.2 Å². The predicted molar refractivity (Wildman–Crippen MR) is 161 cm³/mol. The molecule has 4 aromatic rings. The van der Waals surface area contributed by atoms with E-state index in [9.17, 15) is 14.4 Å². The first-order valence-corrected chi connectivity index (χ1v) is 13.6. The second-order valence-corrected chi connectivity index (χ2v) is 10.8. The first-order valence-electron chi connectivity index (χ1n) is 12.0. The quantitative estimate of drug-likeness (QED) is 0.122. The minimum atomic E-state index is -0.567. The molecule has 0 saturated carbocycles. The summed E-state index contributed by atoms with van der Waals surface area (Å²) in [6.07, 6.45) is 1.65. The van der Waals surface area contributed by atoms with E-state index in [1.807, 2.05) is 30.3 Å². The van der Waals surface area contributed by atoms with Crippen LogP contribution in [0.1, 0.15) is 21.6 Å². The average Bonchev–Trinajstić information content (AvgIpc) is 3.34. The Kier molecular flexibility index (Phi) is 7.66. The number of halogens is 1. The molecule has 0 unspecified atom stereocenters. The van der Waals surface area contributed by atoms with Crippen LogP contribution in [0.3, 0.4) is 0 Å². The Morgan fingerprint density at radius 2 is 1.70 bits per heavy atom. The summed E-state index contributed by atoms with van der Waals surface area (Å²) in [5.74, 6) is -0.453. The molecule has 0 N–H and O–H groups in total. The van der Waals surface area contributed by atoms with Crippen molar-refractivity contribution in [2.24, 2.45) is 7.05 Å². The molecule has 1 saturated heterocycles. The third-order valence-electron chi connectivity index (χ3n) is 6.31. The number of carbonyl (C=O) groups excluding carboxylic acids is 2. The first kappa shape index (κ1) is 27.4. The van der Waals surface area contributed by atoms with Gasteiger partial charge < -0.3 is 9.47 Å². The molecule has 1 aliphatic rings. The van der Waals surface area contributed by atoms with Crippen molar-refractivity contribution < 1.29 is 19.1 Å². The topological polar surface area (TPSA) is 82.8 Å². The number of amides is 1. The molecule has 3 aromatic carbocycles. The number of aromatic nitrogens is 2. The minimum absolute atomic E-state index is 0.208. The van der Waals surface area contributed by atoms with Crippen molar-refractivity contribution in [2.45, 2.75) is 6.92 Å². The maximum atomic E-state index is 13.5. The summed E-state index contributed by atoms with van der Waals surface area (Å²) in [4.78, 5) is 41.2. The van der Waals surface area contributed by atoms with Crippen LogP contribution in [0.25, 0.3) is 11.8 Å². The van der Waals surface area contributed by atoms with Gasteiger partial charge in [0.15, 0.2) is 15.8 Å². The number of rotatable bonds is 6. The fourth-order valence-electron chi connectivity index (χ4n) is 4.23. The average molecular weight is 592 g/mol. The lowest BCUT2D eigenvalue weighted by Gasteiger charge is -2.12. The summed E-state index contributed by atoms with van der Waals surface area (Å²) in [7, 11) is 3.21. The van der Waals surface area contributed by atoms with E-state index in [2.05, 4.69) is 0 Å². The summed E-state index contributed by atoms with van der Waals surface area (Å²) in [6, 6.07) is 20.4. The normalized spacial score (nSPS) is 14.2. The summed E-state index contributed by atoms with van der Waals surface area (Å²) in [5, 5.41) is 0.508. The molecule has 5 rings (SSSR count). The lowest BCUT2D eigenvalue weighted by molar-refractivity contribution is -0.113. The van der Waals surface area contributed by atoms with Gasteiger partial charge >= 0.3 is 5.97 Å². The van der Waals surface area contributed by atoms with Gasteiger partial charge in [-0.25, -0.2) is 9.48 Å². The number of ether oxygens (including phenoxy) is 2. The second-order valence-electron chi connectivity index (χ2n) is 8.73. The standard InChI is InChI=1S/C29H22ClN3O5S2/c1-17-25(27(35)33(31(17)2)21-7-5-4-6-8-21)32-26(34)24(40-29(32)39)16-18-9-14-22(23(15-18)37-3)38-28(36)19-10-12-20(30)13-11-19/h4-16H,1-3H3. The van der Waals surface area contributed by atoms with Gasteiger partial charge in [0.25, 0.3) is 11.5 Å². The van der Waals surface area contributed by atoms with Gasteiger partial charge in [0.05, 0.1) is 29.0 Å². The Balaban J connectivity index is 1.43.